The molecule has 1 amide bonds. The van der Waals surface area contributed by atoms with Crippen LogP contribution in [0.25, 0.3) is 6.08 Å². The number of nitriles is 1. The van der Waals surface area contributed by atoms with Crippen molar-refractivity contribution in [3.8, 4) is 11.8 Å². The van der Waals surface area contributed by atoms with Crippen LogP contribution in [0.4, 0.5) is 0 Å². The Kier molecular flexibility index (Phi) is 8.22. The number of amides is 1. The highest BCUT2D eigenvalue weighted by atomic mass is 127. The fourth-order valence-corrected chi connectivity index (χ4v) is 4.90. The molecule has 0 radical (unpaired) electrons. The van der Waals surface area contributed by atoms with E-state index in [0.717, 1.165) is 44.1 Å². The molecule has 1 fully saturated rings. The summed E-state index contributed by atoms with van der Waals surface area (Å²) in [6.45, 7) is 4.09. The summed E-state index contributed by atoms with van der Waals surface area (Å²) >= 11 is 4.39. The van der Waals surface area contributed by atoms with Crippen molar-refractivity contribution < 1.29 is 9.53 Å². The van der Waals surface area contributed by atoms with Crippen molar-refractivity contribution in [1.29, 1.82) is 5.26 Å². The number of benzene rings is 1. The van der Waals surface area contributed by atoms with Gasteiger partial charge in [0.1, 0.15) is 24.0 Å². The Morgan fingerprint density at radius 2 is 1.96 bits per heavy atom. The first kappa shape index (κ1) is 20.2. The van der Waals surface area contributed by atoms with E-state index in [1.807, 2.05) is 18.2 Å². The van der Waals surface area contributed by atoms with Gasteiger partial charge in [-0.25, -0.2) is 0 Å². The summed E-state index contributed by atoms with van der Waals surface area (Å²) in [5.41, 5.74) is 0.951. The molecule has 0 aromatic heterocycles. The van der Waals surface area contributed by atoms with E-state index in [-0.39, 0.29) is 17.5 Å². The molecule has 1 aromatic carbocycles. The molecule has 6 heteroatoms. The number of carbonyl (C=O) groups excluding carboxylic acids is 1. The predicted molar refractivity (Wildman–Crippen MR) is 116 cm³/mol. The summed E-state index contributed by atoms with van der Waals surface area (Å²) in [5, 5.41) is 12.4. The van der Waals surface area contributed by atoms with E-state index in [2.05, 4.69) is 57.1 Å². The summed E-state index contributed by atoms with van der Waals surface area (Å²) in [6.07, 6.45) is 8.83. The lowest BCUT2D eigenvalue weighted by atomic mass is 9.95. The van der Waals surface area contributed by atoms with Crippen LogP contribution < -0.4 is 10.1 Å². The molecule has 4 nitrogen and oxygen atoms in total. The fraction of sp³-hybridized carbons (Fsp3) is 0.368. The van der Waals surface area contributed by atoms with Crippen LogP contribution in [0.3, 0.4) is 0 Å². The quantitative estimate of drug-likeness (QED) is 0.234. The van der Waals surface area contributed by atoms with Crippen molar-refractivity contribution in [1.82, 2.24) is 5.32 Å². The van der Waals surface area contributed by atoms with Crippen molar-refractivity contribution in [2.24, 2.45) is 0 Å². The second-order valence-electron chi connectivity index (χ2n) is 5.89. The molecule has 0 atom stereocenters. The molecule has 0 saturated heterocycles. The average Bonchev–Trinajstić information content (AvgIpc) is 2.59. The normalized spacial score (nSPS) is 15.3. The lowest BCUT2D eigenvalue weighted by Crippen LogP contribution is -2.36. The van der Waals surface area contributed by atoms with Gasteiger partial charge in [-0.05, 0) is 81.8 Å². The summed E-state index contributed by atoms with van der Waals surface area (Å²) in [5.74, 6) is 0.509. The van der Waals surface area contributed by atoms with Crippen LogP contribution in [0.15, 0.2) is 30.4 Å². The number of nitrogens with one attached hydrogen (secondary N) is 1. The van der Waals surface area contributed by atoms with Gasteiger partial charge in [-0.2, -0.15) is 5.26 Å². The maximum absolute atomic E-state index is 12.4. The second-order valence-corrected chi connectivity index (χ2v) is 8.22. The van der Waals surface area contributed by atoms with Crippen LogP contribution in [0.1, 0.15) is 37.7 Å². The first-order valence-electron chi connectivity index (χ1n) is 8.20. The minimum Gasteiger partial charge on any atom is -0.487 e. The van der Waals surface area contributed by atoms with Crippen LogP contribution >= 0.6 is 45.2 Å². The van der Waals surface area contributed by atoms with Gasteiger partial charge in [0.25, 0.3) is 5.91 Å². The summed E-state index contributed by atoms with van der Waals surface area (Å²) in [6, 6.07) is 6.03. The number of nitrogens with zero attached hydrogens (tertiary/aromatic N) is 1. The van der Waals surface area contributed by atoms with Gasteiger partial charge in [0.15, 0.2) is 0 Å². The molecule has 25 heavy (non-hydrogen) atoms. The zero-order valence-corrected chi connectivity index (χ0v) is 18.2. The third kappa shape index (κ3) is 5.99. The minimum atomic E-state index is -0.286. The number of rotatable bonds is 6. The Balaban J connectivity index is 2.16. The van der Waals surface area contributed by atoms with E-state index in [9.17, 15) is 10.1 Å². The molecule has 0 aliphatic heterocycles. The molecule has 1 aromatic rings. The van der Waals surface area contributed by atoms with Gasteiger partial charge in [-0.1, -0.05) is 31.9 Å². The van der Waals surface area contributed by atoms with Gasteiger partial charge in [-0.15, -0.1) is 0 Å². The topological polar surface area (TPSA) is 62.1 Å². The molecule has 1 aliphatic rings. The highest BCUT2D eigenvalue weighted by Crippen LogP contribution is 2.30. The van der Waals surface area contributed by atoms with E-state index < -0.39 is 0 Å². The SMILES string of the molecule is C=CCOc1c(I)cc(/C=C(\C#N)C(=O)NC2CCCCC2)cc1I. The Morgan fingerprint density at radius 3 is 2.52 bits per heavy atom. The van der Waals surface area contributed by atoms with Crippen molar-refractivity contribution in [3.63, 3.8) is 0 Å². The standard InChI is InChI=1S/C19H20I2N2O2/c1-2-8-25-18-16(20)10-13(11-17(18)21)9-14(12-22)19(24)23-15-6-4-3-5-7-15/h2,9-11,15H,1,3-8H2,(H,23,24)/b14-9+. The first-order valence-corrected chi connectivity index (χ1v) is 10.4. The van der Waals surface area contributed by atoms with Gasteiger partial charge in [0.05, 0.1) is 7.14 Å². The van der Waals surface area contributed by atoms with Crippen LogP contribution in [-0.4, -0.2) is 18.6 Å². The number of halogens is 2. The zero-order valence-electron chi connectivity index (χ0n) is 13.9. The lowest BCUT2D eigenvalue weighted by Gasteiger charge is -2.22. The Bertz CT molecular complexity index is 694. The smallest absolute Gasteiger partial charge is 0.262 e. The fourth-order valence-electron chi connectivity index (χ4n) is 2.77. The summed E-state index contributed by atoms with van der Waals surface area (Å²) in [4.78, 5) is 12.4. The van der Waals surface area contributed by atoms with Gasteiger partial charge >= 0.3 is 0 Å². The van der Waals surface area contributed by atoms with E-state index in [0.29, 0.717) is 6.61 Å². The molecule has 0 bridgehead atoms. The highest BCUT2D eigenvalue weighted by Gasteiger charge is 2.18. The van der Waals surface area contributed by atoms with Crippen LogP contribution in [-0.2, 0) is 4.79 Å². The minimum absolute atomic E-state index is 0.136. The molecule has 0 heterocycles. The van der Waals surface area contributed by atoms with E-state index in [1.165, 1.54) is 6.42 Å². The van der Waals surface area contributed by atoms with Crippen molar-refractivity contribution in [2.45, 2.75) is 38.1 Å². The van der Waals surface area contributed by atoms with Crippen LogP contribution in [0, 0.1) is 18.5 Å². The number of carbonyl (C=O) groups is 1. The van der Waals surface area contributed by atoms with Crippen molar-refractivity contribution >= 4 is 57.2 Å². The van der Waals surface area contributed by atoms with Crippen LogP contribution in [0.5, 0.6) is 5.75 Å². The van der Waals surface area contributed by atoms with Gasteiger partial charge in [0.2, 0.25) is 0 Å². The number of ether oxygens (including phenoxy) is 1. The molecule has 1 N–H and O–H groups in total. The van der Waals surface area contributed by atoms with Crippen LogP contribution in [0.2, 0.25) is 0 Å². The molecular formula is C19H20I2N2O2. The maximum atomic E-state index is 12.4. The highest BCUT2D eigenvalue weighted by molar-refractivity contribution is 14.1. The van der Waals surface area contributed by atoms with Gasteiger partial charge < -0.3 is 10.1 Å². The Hall–Kier alpha value is -1.08. The third-order valence-corrected chi connectivity index (χ3v) is 5.59. The van der Waals surface area contributed by atoms with Gasteiger partial charge in [0, 0.05) is 6.04 Å². The Labute approximate surface area is 176 Å². The molecule has 132 valence electrons. The molecular weight excluding hydrogens is 542 g/mol. The molecule has 1 aliphatic carbocycles. The van der Waals surface area contributed by atoms with Gasteiger partial charge in [-0.3, -0.25) is 4.79 Å². The van der Waals surface area contributed by atoms with Crippen molar-refractivity contribution in [2.75, 3.05) is 6.61 Å². The Morgan fingerprint density at radius 1 is 1.32 bits per heavy atom. The zero-order chi connectivity index (χ0) is 18.2. The van der Waals surface area contributed by atoms with E-state index >= 15 is 0 Å². The maximum Gasteiger partial charge on any atom is 0.262 e. The number of hydrogen-bond donors (Lipinski definition) is 1. The van der Waals surface area contributed by atoms with Crippen molar-refractivity contribution in [3.05, 3.63) is 43.1 Å². The molecule has 0 unspecified atom stereocenters. The average molecular weight is 562 g/mol. The van der Waals surface area contributed by atoms with E-state index in [4.69, 9.17) is 4.74 Å². The number of hydrogen-bond acceptors (Lipinski definition) is 3. The molecule has 1 saturated carbocycles. The third-order valence-electron chi connectivity index (χ3n) is 3.98. The summed E-state index contributed by atoms with van der Waals surface area (Å²) < 4.78 is 7.52. The monoisotopic (exact) mass is 562 g/mol. The molecule has 0 spiro atoms. The predicted octanol–water partition coefficient (Wildman–Crippen LogP) is 4.82. The van der Waals surface area contributed by atoms with E-state index in [1.54, 1.807) is 12.2 Å². The largest absolute Gasteiger partial charge is 0.487 e. The second kappa shape index (κ2) is 10.2. The lowest BCUT2D eigenvalue weighted by molar-refractivity contribution is -0.117. The first-order chi connectivity index (χ1) is 12.0. The summed E-state index contributed by atoms with van der Waals surface area (Å²) in [7, 11) is 0. The molecule has 2 rings (SSSR count).